The molecule has 0 aliphatic rings. The van der Waals surface area contributed by atoms with E-state index < -0.39 is 14.9 Å². The lowest BCUT2D eigenvalue weighted by molar-refractivity contribution is -0.385. The van der Waals surface area contributed by atoms with Gasteiger partial charge in [-0.3, -0.25) is 10.1 Å². The summed E-state index contributed by atoms with van der Waals surface area (Å²) in [6, 6.07) is 9.14. The van der Waals surface area contributed by atoms with Gasteiger partial charge >= 0.3 is 6.01 Å². The number of sulfonamides is 1. The molecule has 0 atom stereocenters. The van der Waals surface area contributed by atoms with Gasteiger partial charge in [0.05, 0.1) is 11.5 Å². The molecule has 0 spiro atoms. The van der Waals surface area contributed by atoms with Gasteiger partial charge in [0.25, 0.3) is 15.7 Å². The molecular weight excluding hydrogens is 400 g/mol. The lowest BCUT2D eigenvalue weighted by atomic mass is 10.1. The van der Waals surface area contributed by atoms with Gasteiger partial charge in [0.1, 0.15) is 10.6 Å². The highest BCUT2D eigenvalue weighted by Gasteiger charge is 2.27. The number of aromatic nitrogens is 2. The Morgan fingerprint density at radius 3 is 2.45 bits per heavy atom. The Morgan fingerprint density at radius 2 is 1.83 bits per heavy atom. The van der Waals surface area contributed by atoms with Crippen LogP contribution in [0.25, 0.3) is 11.5 Å². The Morgan fingerprint density at radius 1 is 1.14 bits per heavy atom. The van der Waals surface area contributed by atoms with Gasteiger partial charge in [-0.05, 0) is 50.6 Å². The van der Waals surface area contributed by atoms with Crippen LogP contribution in [0.4, 0.5) is 11.7 Å². The summed E-state index contributed by atoms with van der Waals surface area (Å²) in [5.41, 5.74) is 0.659. The topological polar surface area (TPSA) is 137 Å². The second-order valence-electron chi connectivity index (χ2n) is 6.09. The number of nitrogens with zero attached hydrogens (tertiary/aromatic N) is 3. The highest BCUT2D eigenvalue weighted by molar-refractivity contribution is 7.92. The minimum absolute atomic E-state index is 0.0220. The second-order valence-corrected chi connectivity index (χ2v) is 7.71. The molecule has 0 unspecified atom stereocenters. The average Bonchev–Trinajstić information content (AvgIpc) is 3.09. The van der Waals surface area contributed by atoms with Crippen LogP contribution >= 0.6 is 0 Å². The summed E-state index contributed by atoms with van der Waals surface area (Å²) in [5, 5.41) is 18.7. The van der Waals surface area contributed by atoms with Crippen LogP contribution < -0.4 is 9.46 Å². The normalized spacial score (nSPS) is 11.3. The van der Waals surface area contributed by atoms with Crippen LogP contribution in [0.2, 0.25) is 0 Å². The average molecular weight is 418 g/mol. The lowest BCUT2D eigenvalue weighted by Crippen LogP contribution is -2.16. The van der Waals surface area contributed by atoms with Crippen LogP contribution in [0.1, 0.15) is 18.1 Å². The number of nitrogens with one attached hydrogen (secondary N) is 1. The van der Waals surface area contributed by atoms with Crippen LogP contribution in [-0.4, -0.2) is 30.1 Å². The van der Waals surface area contributed by atoms with Gasteiger partial charge < -0.3 is 9.15 Å². The van der Waals surface area contributed by atoms with Gasteiger partial charge in [-0.15, -0.1) is 5.10 Å². The molecule has 0 saturated heterocycles. The van der Waals surface area contributed by atoms with Crippen LogP contribution in [0, 0.1) is 24.0 Å². The van der Waals surface area contributed by atoms with Gasteiger partial charge in [-0.25, -0.2) is 13.1 Å². The number of aryl methyl sites for hydroxylation is 1. The fourth-order valence-corrected chi connectivity index (χ4v) is 4.25. The summed E-state index contributed by atoms with van der Waals surface area (Å²) in [6.45, 7) is 5.32. The summed E-state index contributed by atoms with van der Waals surface area (Å²) in [6.07, 6.45) is 0. The fourth-order valence-electron chi connectivity index (χ4n) is 2.84. The van der Waals surface area contributed by atoms with Gasteiger partial charge in [0, 0.05) is 17.2 Å². The third-order valence-corrected chi connectivity index (χ3v) is 5.71. The van der Waals surface area contributed by atoms with Crippen LogP contribution in [-0.2, 0) is 10.0 Å². The van der Waals surface area contributed by atoms with Gasteiger partial charge in [0.15, 0.2) is 0 Å². The minimum atomic E-state index is -4.18. The number of nitro groups is 1. The summed E-state index contributed by atoms with van der Waals surface area (Å²) in [5.74, 6) is 0.784. The fraction of sp³-hybridized carbons (Fsp3) is 0.222. The maximum atomic E-state index is 12.8. The molecule has 0 aliphatic carbocycles. The standard InChI is InChI=1S/C18H18N4O6S/c1-4-27-14-8-6-13(7-9-14)17-19-20-18(28-17)21-29(25,26)16-11(2)5-10-15(12(16)3)22(23)24/h5-10H,4H2,1-3H3,(H,20,21). The number of benzene rings is 2. The minimum Gasteiger partial charge on any atom is -0.494 e. The first kappa shape index (κ1) is 20.3. The van der Waals surface area contributed by atoms with Crippen molar-refractivity contribution in [2.45, 2.75) is 25.7 Å². The molecular formula is C18H18N4O6S. The van der Waals surface area contributed by atoms with Crippen LogP contribution in [0.5, 0.6) is 5.75 Å². The molecule has 3 rings (SSSR count). The molecule has 1 N–H and O–H groups in total. The predicted octanol–water partition coefficient (Wildman–Crippen LogP) is 3.46. The first-order valence-electron chi connectivity index (χ1n) is 8.57. The quantitative estimate of drug-likeness (QED) is 0.455. The highest BCUT2D eigenvalue weighted by atomic mass is 32.2. The SMILES string of the molecule is CCOc1ccc(-c2nnc(NS(=O)(=O)c3c(C)ccc([N+](=O)[O-])c3C)o2)cc1. The third kappa shape index (κ3) is 4.19. The first-order valence-corrected chi connectivity index (χ1v) is 10.1. The van der Waals surface area contributed by atoms with E-state index >= 15 is 0 Å². The van der Waals surface area contributed by atoms with Crippen molar-refractivity contribution in [2.75, 3.05) is 11.3 Å². The summed E-state index contributed by atoms with van der Waals surface area (Å²) in [7, 11) is -4.18. The van der Waals surface area contributed by atoms with E-state index in [2.05, 4.69) is 14.9 Å². The maximum Gasteiger partial charge on any atom is 0.330 e. The predicted molar refractivity (Wildman–Crippen MR) is 104 cm³/mol. The molecule has 1 heterocycles. The molecule has 10 nitrogen and oxygen atoms in total. The van der Waals surface area contributed by atoms with E-state index in [-0.39, 0.29) is 28.1 Å². The zero-order valence-corrected chi connectivity index (χ0v) is 16.7. The molecule has 1 aromatic heterocycles. The lowest BCUT2D eigenvalue weighted by Gasteiger charge is -2.10. The Bertz CT molecular complexity index is 1160. The molecule has 0 saturated carbocycles. The van der Waals surface area contributed by atoms with E-state index in [0.717, 1.165) is 0 Å². The van der Waals surface area contributed by atoms with Crippen molar-refractivity contribution in [1.82, 2.24) is 10.2 Å². The largest absolute Gasteiger partial charge is 0.494 e. The smallest absolute Gasteiger partial charge is 0.330 e. The maximum absolute atomic E-state index is 12.8. The van der Waals surface area contributed by atoms with Crippen molar-refractivity contribution >= 4 is 21.7 Å². The molecule has 0 bridgehead atoms. The number of hydrogen-bond acceptors (Lipinski definition) is 8. The Hall–Kier alpha value is -3.47. The van der Waals surface area contributed by atoms with E-state index in [9.17, 15) is 18.5 Å². The zero-order valence-electron chi connectivity index (χ0n) is 15.9. The molecule has 3 aromatic rings. The molecule has 2 aromatic carbocycles. The van der Waals surface area contributed by atoms with E-state index in [0.29, 0.717) is 23.5 Å². The monoisotopic (exact) mass is 418 g/mol. The number of rotatable bonds is 7. The molecule has 11 heteroatoms. The first-order chi connectivity index (χ1) is 13.7. The molecule has 0 aliphatic heterocycles. The third-order valence-electron chi connectivity index (χ3n) is 4.10. The van der Waals surface area contributed by atoms with E-state index in [1.165, 1.54) is 19.1 Å². The van der Waals surface area contributed by atoms with Crippen molar-refractivity contribution in [3.8, 4) is 17.2 Å². The van der Waals surface area contributed by atoms with E-state index in [1.54, 1.807) is 31.2 Å². The van der Waals surface area contributed by atoms with Crippen molar-refractivity contribution in [1.29, 1.82) is 0 Å². The van der Waals surface area contributed by atoms with Gasteiger partial charge in [-0.2, -0.15) is 0 Å². The van der Waals surface area contributed by atoms with Crippen molar-refractivity contribution in [2.24, 2.45) is 0 Å². The van der Waals surface area contributed by atoms with Gasteiger partial charge in [0.2, 0.25) is 5.89 Å². The van der Waals surface area contributed by atoms with Crippen LogP contribution in [0.3, 0.4) is 0 Å². The molecule has 29 heavy (non-hydrogen) atoms. The number of ether oxygens (including phenoxy) is 1. The molecule has 0 fully saturated rings. The Balaban J connectivity index is 1.89. The Kier molecular flexibility index (Phi) is 5.50. The van der Waals surface area contributed by atoms with Crippen molar-refractivity contribution in [3.63, 3.8) is 0 Å². The van der Waals surface area contributed by atoms with E-state index in [1.807, 2.05) is 6.92 Å². The van der Waals surface area contributed by atoms with Gasteiger partial charge in [-0.1, -0.05) is 11.2 Å². The van der Waals surface area contributed by atoms with Crippen molar-refractivity contribution in [3.05, 3.63) is 57.6 Å². The summed E-state index contributed by atoms with van der Waals surface area (Å²) < 4.78 is 38.6. The van der Waals surface area contributed by atoms with E-state index in [4.69, 9.17) is 9.15 Å². The molecule has 152 valence electrons. The zero-order chi connectivity index (χ0) is 21.2. The molecule has 0 amide bonds. The number of hydrogen-bond donors (Lipinski definition) is 1. The van der Waals surface area contributed by atoms with Crippen molar-refractivity contribution < 1.29 is 22.5 Å². The number of nitro benzene ring substituents is 1. The highest BCUT2D eigenvalue weighted by Crippen LogP contribution is 2.30. The second kappa shape index (κ2) is 7.87. The number of anilines is 1. The summed E-state index contributed by atoms with van der Waals surface area (Å²) in [4.78, 5) is 10.3. The van der Waals surface area contributed by atoms with Crippen LogP contribution in [0.15, 0.2) is 45.7 Å². The molecule has 0 radical (unpaired) electrons. The summed E-state index contributed by atoms with van der Waals surface area (Å²) >= 11 is 0. The Labute approximate surface area is 166 Å².